The summed E-state index contributed by atoms with van der Waals surface area (Å²) in [4.78, 5) is 29.9. The van der Waals surface area contributed by atoms with Crippen molar-refractivity contribution >= 4 is 18.7 Å². The molecule has 2 aromatic rings. The van der Waals surface area contributed by atoms with Gasteiger partial charge in [0.05, 0.1) is 5.30 Å². The van der Waals surface area contributed by atoms with E-state index in [4.69, 9.17) is 9.79 Å². The Morgan fingerprint density at radius 2 is 1.33 bits per heavy atom. The fourth-order valence-electron chi connectivity index (χ4n) is 1.56. The van der Waals surface area contributed by atoms with E-state index >= 15 is 0 Å². The fourth-order valence-corrected chi connectivity index (χ4v) is 2.10. The molecule has 0 saturated carbocycles. The van der Waals surface area contributed by atoms with Crippen molar-refractivity contribution in [2.45, 2.75) is 0 Å². The summed E-state index contributed by atoms with van der Waals surface area (Å²) in [5, 5.41) is -0.0906. The smallest absolute Gasteiger partial charge is 0.321 e. The van der Waals surface area contributed by atoms with Gasteiger partial charge in [-0.3, -0.25) is 9.36 Å². The predicted octanol–water partition coefficient (Wildman–Crippen LogP) is 1.72. The standard InChI is InChI=1S/C13H11O4P/c14-13(10-4-2-1-3-5-10)11-6-8-12(9-7-11)18(15,16)17/h1-9H,(H2,15,16,17). The molecule has 0 bridgehead atoms. The van der Waals surface area contributed by atoms with Gasteiger partial charge < -0.3 is 9.79 Å². The molecule has 92 valence electrons. The summed E-state index contributed by atoms with van der Waals surface area (Å²) in [6.45, 7) is 0. The summed E-state index contributed by atoms with van der Waals surface area (Å²) < 4.78 is 11.0. The van der Waals surface area contributed by atoms with Crippen molar-refractivity contribution in [2.75, 3.05) is 0 Å². The van der Waals surface area contributed by atoms with Gasteiger partial charge in [0.2, 0.25) is 0 Å². The van der Waals surface area contributed by atoms with Gasteiger partial charge in [-0.1, -0.05) is 42.5 Å². The van der Waals surface area contributed by atoms with E-state index in [1.807, 2.05) is 6.07 Å². The van der Waals surface area contributed by atoms with Gasteiger partial charge >= 0.3 is 7.60 Å². The second kappa shape index (κ2) is 4.86. The first-order valence-electron chi connectivity index (χ1n) is 5.24. The highest BCUT2D eigenvalue weighted by Gasteiger charge is 2.17. The van der Waals surface area contributed by atoms with Gasteiger partial charge in [0, 0.05) is 11.1 Å². The molecule has 0 fully saturated rings. The van der Waals surface area contributed by atoms with Crippen LogP contribution in [0.15, 0.2) is 54.6 Å². The van der Waals surface area contributed by atoms with Crippen LogP contribution in [0.4, 0.5) is 0 Å². The van der Waals surface area contributed by atoms with Crippen molar-refractivity contribution < 1.29 is 19.1 Å². The molecule has 2 N–H and O–H groups in total. The van der Waals surface area contributed by atoms with E-state index in [-0.39, 0.29) is 11.1 Å². The first-order chi connectivity index (χ1) is 8.48. The van der Waals surface area contributed by atoms with E-state index in [2.05, 4.69) is 0 Å². The lowest BCUT2D eigenvalue weighted by Crippen LogP contribution is -2.06. The molecule has 0 aliphatic rings. The second-order valence-electron chi connectivity index (χ2n) is 3.79. The molecule has 4 nitrogen and oxygen atoms in total. The maximum atomic E-state index is 12.0. The molecule has 2 rings (SSSR count). The van der Waals surface area contributed by atoms with E-state index in [1.165, 1.54) is 24.3 Å². The molecule has 0 amide bonds. The van der Waals surface area contributed by atoms with E-state index in [9.17, 15) is 9.36 Å². The van der Waals surface area contributed by atoms with Gasteiger partial charge in [-0.25, -0.2) is 0 Å². The molecule has 0 aliphatic heterocycles. The molecule has 0 saturated heterocycles. The van der Waals surface area contributed by atoms with Crippen LogP contribution < -0.4 is 5.30 Å². The van der Waals surface area contributed by atoms with Crippen LogP contribution in [-0.2, 0) is 4.57 Å². The Hall–Kier alpha value is -1.74. The quantitative estimate of drug-likeness (QED) is 0.652. The molecule has 0 atom stereocenters. The summed E-state index contributed by atoms with van der Waals surface area (Å²) in [6, 6.07) is 14.1. The SMILES string of the molecule is O=C(c1ccccc1)c1ccc(P(=O)(O)O)cc1. The number of rotatable bonds is 3. The summed E-state index contributed by atoms with van der Waals surface area (Å²) in [6.07, 6.45) is 0. The van der Waals surface area contributed by atoms with Crippen LogP contribution in [0.25, 0.3) is 0 Å². The van der Waals surface area contributed by atoms with E-state index in [1.54, 1.807) is 24.3 Å². The van der Waals surface area contributed by atoms with Crippen molar-refractivity contribution in [3.8, 4) is 0 Å². The minimum Gasteiger partial charge on any atom is -0.321 e. The van der Waals surface area contributed by atoms with Crippen molar-refractivity contribution in [2.24, 2.45) is 0 Å². The highest BCUT2D eigenvalue weighted by Crippen LogP contribution is 2.32. The second-order valence-corrected chi connectivity index (χ2v) is 5.39. The number of carbonyl (C=O) groups is 1. The molecular formula is C13H11O4P. The highest BCUT2D eigenvalue weighted by atomic mass is 31.2. The Kier molecular flexibility index (Phi) is 3.43. The molecule has 0 aliphatic carbocycles. The third-order valence-electron chi connectivity index (χ3n) is 2.50. The largest absolute Gasteiger partial charge is 0.356 e. The van der Waals surface area contributed by atoms with Crippen molar-refractivity contribution in [3.63, 3.8) is 0 Å². The monoisotopic (exact) mass is 262 g/mol. The fraction of sp³-hybridized carbons (Fsp3) is 0. The first kappa shape index (κ1) is 12.7. The maximum absolute atomic E-state index is 12.0. The van der Waals surface area contributed by atoms with Crippen LogP contribution in [-0.4, -0.2) is 15.6 Å². The number of hydrogen-bond acceptors (Lipinski definition) is 2. The average molecular weight is 262 g/mol. The Morgan fingerprint density at radius 3 is 1.83 bits per heavy atom. The van der Waals surface area contributed by atoms with Crippen LogP contribution in [0, 0.1) is 0 Å². The highest BCUT2D eigenvalue weighted by molar-refractivity contribution is 7.60. The maximum Gasteiger partial charge on any atom is 0.356 e. The van der Waals surface area contributed by atoms with Crippen molar-refractivity contribution in [1.82, 2.24) is 0 Å². The van der Waals surface area contributed by atoms with Gasteiger partial charge in [0.1, 0.15) is 0 Å². The zero-order valence-electron chi connectivity index (χ0n) is 9.35. The van der Waals surface area contributed by atoms with Crippen LogP contribution in [0.1, 0.15) is 15.9 Å². The van der Waals surface area contributed by atoms with Crippen LogP contribution in [0.2, 0.25) is 0 Å². The molecule has 0 heterocycles. The number of hydrogen-bond donors (Lipinski definition) is 2. The van der Waals surface area contributed by atoms with E-state index in [0.717, 1.165) is 0 Å². The molecule has 0 unspecified atom stereocenters. The number of carbonyl (C=O) groups excluding carboxylic acids is 1. The molecule has 0 aromatic heterocycles. The topological polar surface area (TPSA) is 74.6 Å². The van der Waals surface area contributed by atoms with Gasteiger partial charge in [0.15, 0.2) is 5.78 Å². The summed E-state index contributed by atoms with van der Waals surface area (Å²) in [5.41, 5.74) is 0.944. The Labute approximate surface area is 104 Å². The van der Waals surface area contributed by atoms with Crippen LogP contribution in [0.3, 0.4) is 0 Å². The third-order valence-corrected chi connectivity index (χ3v) is 3.47. The lowest BCUT2D eigenvalue weighted by atomic mass is 10.0. The normalized spacial score (nSPS) is 11.2. The molecule has 0 radical (unpaired) electrons. The Bertz CT molecular complexity index is 599. The van der Waals surface area contributed by atoms with Gasteiger partial charge in [-0.2, -0.15) is 0 Å². The van der Waals surface area contributed by atoms with Crippen LogP contribution in [0.5, 0.6) is 0 Å². The predicted molar refractivity (Wildman–Crippen MR) is 68.0 cm³/mol. The van der Waals surface area contributed by atoms with Crippen molar-refractivity contribution in [1.29, 1.82) is 0 Å². The summed E-state index contributed by atoms with van der Waals surface area (Å²) in [7, 11) is -4.25. The Balaban J connectivity index is 2.31. The third kappa shape index (κ3) is 2.74. The molecule has 2 aromatic carbocycles. The Morgan fingerprint density at radius 1 is 0.833 bits per heavy atom. The number of ketones is 1. The zero-order chi connectivity index (χ0) is 13.2. The minimum absolute atomic E-state index is 0.0906. The van der Waals surface area contributed by atoms with Gasteiger partial charge in [-0.05, 0) is 12.1 Å². The van der Waals surface area contributed by atoms with E-state index in [0.29, 0.717) is 11.1 Å². The molecule has 5 heteroatoms. The lowest BCUT2D eigenvalue weighted by Gasteiger charge is -2.05. The summed E-state index contributed by atoms with van der Waals surface area (Å²) >= 11 is 0. The zero-order valence-corrected chi connectivity index (χ0v) is 10.2. The van der Waals surface area contributed by atoms with E-state index < -0.39 is 7.60 Å². The first-order valence-corrected chi connectivity index (χ1v) is 6.85. The lowest BCUT2D eigenvalue weighted by molar-refractivity contribution is 0.103. The minimum atomic E-state index is -4.25. The summed E-state index contributed by atoms with van der Waals surface area (Å²) in [5.74, 6) is -0.173. The molecule has 0 spiro atoms. The van der Waals surface area contributed by atoms with Crippen molar-refractivity contribution in [3.05, 3.63) is 65.7 Å². The van der Waals surface area contributed by atoms with Gasteiger partial charge in [-0.15, -0.1) is 0 Å². The molecule has 18 heavy (non-hydrogen) atoms. The average Bonchev–Trinajstić information content (AvgIpc) is 2.38. The van der Waals surface area contributed by atoms with Gasteiger partial charge in [0.25, 0.3) is 0 Å². The van der Waals surface area contributed by atoms with Crippen LogP contribution >= 0.6 is 7.60 Å². The molecular weight excluding hydrogens is 251 g/mol. The number of benzene rings is 2.